The first kappa shape index (κ1) is 14.0. The van der Waals surface area contributed by atoms with E-state index in [1.807, 2.05) is 31.2 Å². The Labute approximate surface area is 117 Å². The fourth-order valence-electron chi connectivity index (χ4n) is 2.01. The SMILES string of the molecule is CCOC(=O)C1=NN(c2ccc(C)cc2)C(C(N)=O)C1. The van der Waals surface area contributed by atoms with Crippen LogP contribution < -0.4 is 10.7 Å². The summed E-state index contributed by atoms with van der Waals surface area (Å²) in [5.41, 5.74) is 7.42. The molecular weight excluding hydrogens is 258 g/mol. The Hall–Kier alpha value is -2.37. The summed E-state index contributed by atoms with van der Waals surface area (Å²) in [6, 6.07) is 6.83. The number of hydrogen-bond acceptors (Lipinski definition) is 5. The molecule has 1 aromatic carbocycles. The fourth-order valence-corrected chi connectivity index (χ4v) is 2.01. The van der Waals surface area contributed by atoms with E-state index in [4.69, 9.17) is 10.5 Å². The number of aryl methyl sites for hydroxylation is 1. The first-order valence-corrected chi connectivity index (χ1v) is 6.42. The van der Waals surface area contributed by atoms with Crippen LogP contribution in [0.3, 0.4) is 0 Å². The Morgan fingerprint density at radius 3 is 2.60 bits per heavy atom. The molecule has 1 unspecified atom stereocenters. The van der Waals surface area contributed by atoms with E-state index >= 15 is 0 Å². The number of nitrogens with zero attached hydrogens (tertiary/aromatic N) is 2. The number of anilines is 1. The van der Waals surface area contributed by atoms with E-state index in [2.05, 4.69) is 5.10 Å². The Balaban J connectivity index is 2.29. The van der Waals surface area contributed by atoms with Crippen molar-refractivity contribution < 1.29 is 14.3 Å². The third-order valence-electron chi connectivity index (χ3n) is 3.05. The van der Waals surface area contributed by atoms with Gasteiger partial charge in [0.15, 0.2) is 0 Å². The lowest BCUT2D eigenvalue weighted by atomic mass is 10.1. The minimum Gasteiger partial charge on any atom is -0.461 e. The van der Waals surface area contributed by atoms with Gasteiger partial charge in [0, 0.05) is 6.42 Å². The number of amides is 1. The normalized spacial score (nSPS) is 17.8. The molecule has 1 aliphatic rings. The summed E-state index contributed by atoms with van der Waals surface area (Å²) in [4.78, 5) is 23.2. The molecule has 0 fully saturated rings. The van der Waals surface area contributed by atoms with E-state index < -0.39 is 17.9 Å². The van der Waals surface area contributed by atoms with Crippen molar-refractivity contribution in [3.05, 3.63) is 29.8 Å². The molecule has 1 aromatic rings. The van der Waals surface area contributed by atoms with Crippen molar-refractivity contribution >= 4 is 23.3 Å². The van der Waals surface area contributed by atoms with E-state index in [9.17, 15) is 9.59 Å². The highest BCUT2D eigenvalue weighted by molar-refractivity contribution is 6.38. The van der Waals surface area contributed by atoms with E-state index in [-0.39, 0.29) is 18.7 Å². The number of hydrazone groups is 1. The van der Waals surface area contributed by atoms with Gasteiger partial charge in [-0.2, -0.15) is 5.10 Å². The van der Waals surface area contributed by atoms with Gasteiger partial charge in [-0.05, 0) is 26.0 Å². The number of benzene rings is 1. The summed E-state index contributed by atoms with van der Waals surface area (Å²) >= 11 is 0. The largest absolute Gasteiger partial charge is 0.461 e. The highest BCUT2D eigenvalue weighted by Crippen LogP contribution is 2.25. The highest BCUT2D eigenvalue weighted by Gasteiger charge is 2.35. The van der Waals surface area contributed by atoms with Gasteiger partial charge in [-0.25, -0.2) is 4.79 Å². The lowest BCUT2D eigenvalue weighted by Gasteiger charge is -2.20. The maximum atomic E-state index is 11.7. The third-order valence-corrected chi connectivity index (χ3v) is 3.05. The monoisotopic (exact) mass is 275 g/mol. The predicted octanol–water partition coefficient (Wildman–Crippen LogP) is 0.978. The molecular formula is C14H17N3O3. The van der Waals surface area contributed by atoms with Gasteiger partial charge in [0.2, 0.25) is 5.91 Å². The number of primary amides is 1. The van der Waals surface area contributed by atoms with Crippen LogP contribution in [0.2, 0.25) is 0 Å². The molecule has 1 aliphatic heterocycles. The van der Waals surface area contributed by atoms with Crippen LogP contribution in [0.25, 0.3) is 0 Å². The zero-order chi connectivity index (χ0) is 14.7. The first-order chi connectivity index (χ1) is 9.52. The zero-order valence-corrected chi connectivity index (χ0v) is 11.5. The number of esters is 1. The van der Waals surface area contributed by atoms with Crippen molar-refractivity contribution in [2.75, 3.05) is 11.6 Å². The summed E-state index contributed by atoms with van der Waals surface area (Å²) in [5.74, 6) is -1.03. The molecule has 0 bridgehead atoms. The number of hydrogen-bond donors (Lipinski definition) is 1. The minimum atomic E-state index is -0.655. The van der Waals surface area contributed by atoms with Gasteiger partial charge in [0.1, 0.15) is 11.8 Å². The maximum Gasteiger partial charge on any atom is 0.354 e. The summed E-state index contributed by atoms with van der Waals surface area (Å²) in [5, 5.41) is 5.66. The van der Waals surface area contributed by atoms with Crippen molar-refractivity contribution in [3.63, 3.8) is 0 Å². The lowest BCUT2D eigenvalue weighted by molar-refractivity contribution is -0.135. The second-order valence-corrected chi connectivity index (χ2v) is 4.57. The van der Waals surface area contributed by atoms with E-state index in [1.165, 1.54) is 5.01 Å². The Kier molecular flexibility index (Phi) is 4.02. The standard InChI is InChI=1S/C14H17N3O3/c1-3-20-14(19)11-8-12(13(15)18)17(16-11)10-6-4-9(2)5-7-10/h4-7,12H,3,8H2,1-2H3,(H2,15,18). The molecule has 1 amide bonds. The van der Waals surface area contributed by atoms with Gasteiger partial charge in [-0.15, -0.1) is 0 Å². The van der Waals surface area contributed by atoms with Gasteiger partial charge in [-0.3, -0.25) is 9.80 Å². The molecule has 0 spiro atoms. The summed E-state index contributed by atoms with van der Waals surface area (Å²) in [6.45, 7) is 3.95. The Morgan fingerprint density at radius 2 is 2.05 bits per heavy atom. The molecule has 2 rings (SSSR count). The Morgan fingerprint density at radius 1 is 1.40 bits per heavy atom. The van der Waals surface area contributed by atoms with E-state index in [0.29, 0.717) is 0 Å². The molecule has 0 radical (unpaired) electrons. The van der Waals surface area contributed by atoms with Crippen LogP contribution in [0, 0.1) is 6.92 Å². The zero-order valence-electron chi connectivity index (χ0n) is 11.5. The van der Waals surface area contributed by atoms with Gasteiger partial charge in [0.25, 0.3) is 0 Å². The molecule has 2 N–H and O–H groups in total. The summed E-state index contributed by atoms with van der Waals surface area (Å²) < 4.78 is 4.91. The van der Waals surface area contributed by atoms with Gasteiger partial charge in [-0.1, -0.05) is 17.7 Å². The predicted molar refractivity (Wildman–Crippen MR) is 75.3 cm³/mol. The number of nitrogens with two attached hydrogens (primary N) is 1. The molecule has 1 atom stereocenters. The van der Waals surface area contributed by atoms with Crippen LogP contribution in [0.4, 0.5) is 5.69 Å². The van der Waals surface area contributed by atoms with Crippen molar-refractivity contribution in [2.45, 2.75) is 26.3 Å². The average molecular weight is 275 g/mol. The maximum absolute atomic E-state index is 11.7. The molecule has 106 valence electrons. The molecule has 6 heteroatoms. The molecule has 0 aromatic heterocycles. The number of carbonyl (C=O) groups is 2. The molecule has 1 heterocycles. The topological polar surface area (TPSA) is 85.0 Å². The van der Waals surface area contributed by atoms with E-state index in [1.54, 1.807) is 6.92 Å². The van der Waals surface area contributed by atoms with Crippen molar-refractivity contribution in [1.29, 1.82) is 0 Å². The van der Waals surface area contributed by atoms with Crippen molar-refractivity contribution in [3.8, 4) is 0 Å². The Bertz CT molecular complexity index is 551. The second-order valence-electron chi connectivity index (χ2n) is 4.57. The second kappa shape index (κ2) is 5.73. The van der Waals surface area contributed by atoms with E-state index in [0.717, 1.165) is 11.3 Å². The average Bonchev–Trinajstić information content (AvgIpc) is 2.85. The van der Waals surface area contributed by atoms with Crippen LogP contribution in [-0.4, -0.2) is 30.2 Å². The smallest absolute Gasteiger partial charge is 0.354 e. The number of ether oxygens (including phenoxy) is 1. The summed E-state index contributed by atoms with van der Waals surface area (Å²) in [7, 11) is 0. The van der Waals surface area contributed by atoms with Crippen LogP contribution in [0.1, 0.15) is 18.9 Å². The van der Waals surface area contributed by atoms with Gasteiger partial charge in [0.05, 0.1) is 12.3 Å². The highest BCUT2D eigenvalue weighted by atomic mass is 16.5. The molecule has 0 saturated carbocycles. The molecule has 6 nitrogen and oxygen atoms in total. The quantitative estimate of drug-likeness (QED) is 0.830. The third kappa shape index (κ3) is 2.79. The number of carbonyl (C=O) groups excluding carboxylic acids is 2. The first-order valence-electron chi connectivity index (χ1n) is 6.42. The van der Waals surface area contributed by atoms with Crippen LogP contribution >= 0.6 is 0 Å². The van der Waals surface area contributed by atoms with Crippen molar-refractivity contribution in [2.24, 2.45) is 10.8 Å². The van der Waals surface area contributed by atoms with Crippen LogP contribution in [-0.2, 0) is 14.3 Å². The lowest BCUT2D eigenvalue weighted by Crippen LogP contribution is -2.39. The minimum absolute atomic E-state index is 0.169. The molecule has 20 heavy (non-hydrogen) atoms. The molecule has 0 saturated heterocycles. The van der Waals surface area contributed by atoms with Crippen molar-refractivity contribution in [1.82, 2.24) is 0 Å². The fraction of sp³-hybridized carbons (Fsp3) is 0.357. The van der Waals surface area contributed by atoms with Crippen LogP contribution in [0.5, 0.6) is 0 Å². The number of rotatable bonds is 4. The van der Waals surface area contributed by atoms with Crippen LogP contribution in [0.15, 0.2) is 29.4 Å². The van der Waals surface area contributed by atoms with Gasteiger partial charge >= 0.3 is 5.97 Å². The summed E-state index contributed by atoms with van der Waals surface area (Å²) in [6.07, 6.45) is 0.169. The van der Waals surface area contributed by atoms with Gasteiger partial charge < -0.3 is 10.5 Å². The molecule has 0 aliphatic carbocycles.